The molecule has 0 bridgehead atoms. The van der Waals surface area contributed by atoms with Gasteiger partial charge in [0.15, 0.2) is 0 Å². The van der Waals surface area contributed by atoms with Crippen LogP contribution in [0.25, 0.3) is 0 Å². The topological polar surface area (TPSA) is 50.7 Å². The van der Waals surface area contributed by atoms with Crippen molar-refractivity contribution < 1.29 is 14.6 Å². The van der Waals surface area contributed by atoms with E-state index in [2.05, 4.69) is 50.0 Å². The third-order valence-electron chi connectivity index (χ3n) is 3.66. The van der Waals surface area contributed by atoms with Crippen LogP contribution in [0.5, 0.6) is 0 Å². The lowest BCUT2D eigenvalue weighted by molar-refractivity contribution is 0.0493. The Morgan fingerprint density at radius 2 is 2.17 bits per heavy atom. The van der Waals surface area contributed by atoms with Gasteiger partial charge in [-0.1, -0.05) is 43.4 Å². The fraction of sp³-hybridized carbons (Fsp3) is 0.579. The number of aliphatic hydroxyl groups is 1. The summed E-state index contributed by atoms with van der Waals surface area (Å²) in [4.78, 5) is 0. The second-order valence-corrected chi connectivity index (χ2v) is 5.82. The first kappa shape index (κ1) is 19.5. The Morgan fingerprint density at radius 3 is 2.83 bits per heavy atom. The minimum Gasteiger partial charge on any atom is -0.510 e. The fourth-order valence-electron chi connectivity index (χ4n) is 2.26. The Kier molecular flexibility index (Phi) is 10.2. The highest BCUT2D eigenvalue weighted by Gasteiger charge is 2.04. The van der Waals surface area contributed by atoms with E-state index in [0.717, 1.165) is 25.8 Å². The van der Waals surface area contributed by atoms with Crippen LogP contribution in [0.1, 0.15) is 33.1 Å². The second kappa shape index (κ2) is 12.0. The maximum absolute atomic E-state index is 8.85. The molecule has 23 heavy (non-hydrogen) atoms. The summed E-state index contributed by atoms with van der Waals surface area (Å²) < 4.78 is 10.6. The number of hydrogen-bond donors (Lipinski definition) is 2. The van der Waals surface area contributed by atoms with Crippen LogP contribution in [0, 0.1) is 5.92 Å². The van der Waals surface area contributed by atoms with Crippen molar-refractivity contribution in [2.45, 2.75) is 33.1 Å². The van der Waals surface area contributed by atoms with Gasteiger partial charge in [0.25, 0.3) is 0 Å². The summed E-state index contributed by atoms with van der Waals surface area (Å²) >= 11 is 0. The van der Waals surface area contributed by atoms with Crippen molar-refractivity contribution in [1.82, 2.24) is 5.32 Å². The first-order valence-corrected chi connectivity index (χ1v) is 8.40. The van der Waals surface area contributed by atoms with Gasteiger partial charge in [-0.3, -0.25) is 0 Å². The minimum atomic E-state index is 0.0433. The smallest absolute Gasteiger partial charge is 0.111 e. The molecular formula is C19H31NO3. The van der Waals surface area contributed by atoms with Gasteiger partial charge in [0.05, 0.1) is 19.8 Å². The minimum absolute atomic E-state index is 0.0433. The van der Waals surface area contributed by atoms with E-state index in [9.17, 15) is 0 Å². The highest BCUT2D eigenvalue weighted by molar-refractivity contribution is 5.24. The van der Waals surface area contributed by atoms with Gasteiger partial charge in [0.2, 0.25) is 0 Å². The highest BCUT2D eigenvalue weighted by atomic mass is 16.5. The van der Waals surface area contributed by atoms with Crippen LogP contribution in [0.2, 0.25) is 0 Å². The van der Waals surface area contributed by atoms with Gasteiger partial charge in [-0.25, -0.2) is 0 Å². The molecule has 1 atom stereocenters. The lowest BCUT2D eigenvalue weighted by Gasteiger charge is -2.14. The molecule has 0 spiro atoms. The molecule has 0 aromatic heterocycles. The summed E-state index contributed by atoms with van der Waals surface area (Å²) in [6.07, 6.45) is 12.3. The van der Waals surface area contributed by atoms with E-state index in [1.807, 2.05) is 0 Å². The molecule has 1 aliphatic carbocycles. The average Bonchev–Trinajstić information content (AvgIpc) is 2.54. The first-order chi connectivity index (χ1) is 11.1. The van der Waals surface area contributed by atoms with E-state index >= 15 is 0 Å². The van der Waals surface area contributed by atoms with Crippen LogP contribution in [0.3, 0.4) is 0 Å². The molecule has 0 radical (unpaired) electrons. The molecule has 1 rings (SSSR count). The molecule has 1 aliphatic rings. The number of aliphatic hydroxyl groups excluding tert-OH is 1. The van der Waals surface area contributed by atoms with Crippen molar-refractivity contribution in [3.05, 3.63) is 47.9 Å². The standard InChI is InChI=1S/C19H31NO3/c1-4-19(10-9-18-7-5-16(2)6-8-18)20-11-12-22-13-14-23-15-17(3)21/h4-5,7-8,16,20-21H,3,6,9-15H2,1-2H3/b19-4+. The van der Waals surface area contributed by atoms with Crippen molar-refractivity contribution in [2.24, 2.45) is 5.92 Å². The van der Waals surface area contributed by atoms with E-state index in [-0.39, 0.29) is 12.4 Å². The van der Waals surface area contributed by atoms with Crippen LogP contribution in [0.15, 0.2) is 47.9 Å². The summed E-state index contributed by atoms with van der Waals surface area (Å²) in [7, 11) is 0. The Labute approximate surface area is 140 Å². The SMILES string of the molecule is C=C(O)COCCOCCN/C(=C/C)CCC1=CCC(C)C=C1. The molecule has 0 aliphatic heterocycles. The van der Waals surface area contributed by atoms with E-state index in [0.29, 0.717) is 25.7 Å². The summed E-state index contributed by atoms with van der Waals surface area (Å²) in [5, 5.41) is 12.3. The number of nitrogens with one attached hydrogen (secondary N) is 1. The van der Waals surface area contributed by atoms with Crippen LogP contribution in [-0.2, 0) is 9.47 Å². The van der Waals surface area contributed by atoms with Crippen molar-refractivity contribution in [1.29, 1.82) is 0 Å². The molecule has 0 heterocycles. The summed E-state index contributed by atoms with van der Waals surface area (Å²) in [6, 6.07) is 0. The molecule has 0 amide bonds. The molecule has 0 fully saturated rings. The zero-order valence-electron chi connectivity index (χ0n) is 14.5. The Hall–Kier alpha value is -1.52. The van der Waals surface area contributed by atoms with Crippen LogP contribution in [-0.4, -0.2) is 38.1 Å². The Bertz CT molecular complexity index is 438. The molecule has 0 aromatic carbocycles. The van der Waals surface area contributed by atoms with Gasteiger partial charge in [0, 0.05) is 12.2 Å². The molecule has 1 unspecified atom stereocenters. The van der Waals surface area contributed by atoms with Gasteiger partial charge >= 0.3 is 0 Å². The van der Waals surface area contributed by atoms with Gasteiger partial charge in [0.1, 0.15) is 12.4 Å². The van der Waals surface area contributed by atoms with E-state index in [4.69, 9.17) is 14.6 Å². The van der Waals surface area contributed by atoms with E-state index in [1.54, 1.807) is 0 Å². The largest absolute Gasteiger partial charge is 0.510 e. The maximum Gasteiger partial charge on any atom is 0.111 e. The van der Waals surface area contributed by atoms with E-state index < -0.39 is 0 Å². The zero-order valence-corrected chi connectivity index (χ0v) is 14.5. The molecular weight excluding hydrogens is 290 g/mol. The van der Waals surface area contributed by atoms with E-state index in [1.165, 1.54) is 11.3 Å². The maximum atomic E-state index is 8.85. The molecule has 4 nitrogen and oxygen atoms in total. The normalized spacial score (nSPS) is 17.9. The number of ether oxygens (including phenoxy) is 2. The molecule has 130 valence electrons. The van der Waals surface area contributed by atoms with Crippen LogP contribution in [0.4, 0.5) is 0 Å². The lowest BCUT2D eigenvalue weighted by Crippen LogP contribution is -2.20. The Morgan fingerprint density at radius 1 is 1.39 bits per heavy atom. The van der Waals surface area contributed by atoms with Crippen molar-refractivity contribution in [3.63, 3.8) is 0 Å². The van der Waals surface area contributed by atoms with Crippen LogP contribution < -0.4 is 5.32 Å². The predicted octanol–water partition coefficient (Wildman–Crippen LogP) is 3.89. The van der Waals surface area contributed by atoms with Crippen molar-refractivity contribution in [2.75, 3.05) is 33.0 Å². The lowest BCUT2D eigenvalue weighted by atomic mass is 9.95. The van der Waals surface area contributed by atoms with Gasteiger partial charge in [-0.15, -0.1) is 0 Å². The average molecular weight is 321 g/mol. The van der Waals surface area contributed by atoms with Gasteiger partial charge < -0.3 is 19.9 Å². The zero-order chi connectivity index (χ0) is 16.9. The monoisotopic (exact) mass is 321 g/mol. The third kappa shape index (κ3) is 9.97. The highest BCUT2D eigenvalue weighted by Crippen LogP contribution is 2.20. The van der Waals surface area contributed by atoms with Crippen LogP contribution >= 0.6 is 0 Å². The predicted molar refractivity (Wildman–Crippen MR) is 95.4 cm³/mol. The third-order valence-corrected chi connectivity index (χ3v) is 3.66. The summed E-state index contributed by atoms with van der Waals surface area (Å²) in [5.41, 5.74) is 2.69. The van der Waals surface area contributed by atoms with Gasteiger partial charge in [-0.2, -0.15) is 0 Å². The summed E-state index contributed by atoms with van der Waals surface area (Å²) in [5.74, 6) is 0.719. The van der Waals surface area contributed by atoms with Gasteiger partial charge in [-0.05, 0) is 32.1 Å². The quantitative estimate of drug-likeness (QED) is 0.423. The summed E-state index contributed by atoms with van der Waals surface area (Å²) in [6.45, 7) is 10.3. The fourth-order valence-corrected chi connectivity index (χ4v) is 2.26. The molecule has 0 aromatic rings. The Balaban J connectivity index is 2.04. The van der Waals surface area contributed by atoms with Crippen molar-refractivity contribution in [3.8, 4) is 0 Å². The molecule has 0 saturated carbocycles. The second-order valence-electron chi connectivity index (χ2n) is 5.82. The number of hydrogen-bond acceptors (Lipinski definition) is 4. The number of allylic oxidation sites excluding steroid dienone is 6. The molecule has 2 N–H and O–H groups in total. The number of rotatable bonds is 12. The first-order valence-electron chi connectivity index (χ1n) is 8.40. The molecule has 4 heteroatoms. The van der Waals surface area contributed by atoms with Crippen molar-refractivity contribution >= 4 is 0 Å². The molecule has 0 saturated heterocycles.